The molecule has 4 rings (SSSR count). The quantitative estimate of drug-likeness (QED) is 0.655. The third-order valence-corrected chi connectivity index (χ3v) is 5.46. The van der Waals surface area contributed by atoms with Crippen molar-refractivity contribution in [1.82, 2.24) is 15.2 Å². The Morgan fingerprint density at radius 2 is 1.90 bits per heavy atom. The number of benzene rings is 1. The van der Waals surface area contributed by atoms with Gasteiger partial charge < -0.3 is 19.7 Å². The topological polar surface area (TPSA) is 89.5 Å². The second-order valence-electron chi connectivity index (χ2n) is 7.34. The number of carbonyl (C=O) groups excluding carboxylic acids is 1. The molecule has 160 valence electrons. The summed E-state index contributed by atoms with van der Waals surface area (Å²) in [5.41, 5.74) is 2.37. The molecule has 3 aromatic rings. The van der Waals surface area contributed by atoms with Gasteiger partial charge in [-0.2, -0.15) is 0 Å². The Balaban J connectivity index is 1.35. The van der Waals surface area contributed by atoms with Crippen LogP contribution in [0.15, 0.2) is 54.9 Å². The number of piperidine rings is 1. The molecular formula is C23H25N5O3. The van der Waals surface area contributed by atoms with E-state index in [0.717, 1.165) is 43.0 Å². The molecule has 31 heavy (non-hydrogen) atoms. The molecule has 8 nitrogen and oxygen atoms in total. The number of hydrogen-bond acceptors (Lipinski definition) is 7. The number of ether oxygens (including phenoxy) is 2. The van der Waals surface area contributed by atoms with Crippen molar-refractivity contribution in [3.05, 3.63) is 54.9 Å². The summed E-state index contributed by atoms with van der Waals surface area (Å²) < 4.78 is 10.6. The molecule has 3 heterocycles. The SMILES string of the molecule is COc1ccc(NC(=O)C2CCN(c3ccc(-c4cccnc4)nn3)CC2)c(OC)c1. The van der Waals surface area contributed by atoms with Crippen molar-refractivity contribution in [2.24, 2.45) is 5.92 Å². The van der Waals surface area contributed by atoms with E-state index in [2.05, 4.69) is 25.4 Å². The number of rotatable bonds is 6. The lowest BCUT2D eigenvalue weighted by atomic mass is 9.95. The highest BCUT2D eigenvalue weighted by Gasteiger charge is 2.26. The summed E-state index contributed by atoms with van der Waals surface area (Å²) in [6, 6.07) is 13.1. The van der Waals surface area contributed by atoms with Gasteiger partial charge in [0, 0.05) is 43.0 Å². The Labute approximate surface area is 181 Å². The summed E-state index contributed by atoms with van der Waals surface area (Å²) in [6.07, 6.45) is 4.99. The van der Waals surface area contributed by atoms with Crippen LogP contribution in [0.2, 0.25) is 0 Å². The number of carbonyl (C=O) groups is 1. The molecule has 1 saturated heterocycles. The first-order valence-corrected chi connectivity index (χ1v) is 10.2. The maximum Gasteiger partial charge on any atom is 0.227 e. The van der Waals surface area contributed by atoms with Crippen LogP contribution in [0.4, 0.5) is 11.5 Å². The molecule has 0 bridgehead atoms. The van der Waals surface area contributed by atoms with Gasteiger partial charge in [0.2, 0.25) is 5.91 Å². The molecule has 0 radical (unpaired) electrons. The smallest absolute Gasteiger partial charge is 0.227 e. The predicted octanol–water partition coefficient (Wildman–Crippen LogP) is 3.41. The highest BCUT2D eigenvalue weighted by Crippen LogP contribution is 2.30. The summed E-state index contributed by atoms with van der Waals surface area (Å²) in [6.45, 7) is 1.50. The zero-order valence-corrected chi connectivity index (χ0v) is 17.6. The maximum absolute atomic E-state index is 12.8. The van der Waals surface area contributed by atoms with Crippen LogP contribution in [0.1, 0.15) is 12.8 Å². The van der Waals surface area contributed by atoms with Crippen LogP contribution in [-0.2, 0) is 4.79 Å². The van der Waals surface area contributed by atoms with Crippen LogP contribution < -0.4 is 19.7 Å². The average Bonchev–Trinajstić information content (AvgIpc) is 2.85. The average molecular weight is 419 g/mol. The van der Waals surface area contributed by atoms with Crippen LogP contribution in [0.5, 0.6) is 11.5 Å². The number of aromatic nitrogens is 3. The van der Waals surface area contributed by atoms with E-state index in [9.17, 15) is 4.79 Å². The van der Waals surface area contributed by atoms with Crippen LogP contribution >= 0.6 is 0 Å². The number of pyridine rings is 1. The first-order chi connectivity index (χ1) is 15.2. The lowest BCUT2D eigenvalue weighted by Gasteiger charge is -2.32. The van der Waals surface area contributed by atoms with Gasteiger partial charge in [-0.3, -0.25) is 9.78 Å². The van der Waals surface area contributed by atoms with Gasteiger partial charge in [0.05, 0.1) is 25.6 Å². The van der Waals surface area contributed by atoms with E-state index in [4.69, 9.17) is 9.47 Å². The second kappa shape index (κ2) is 9.42. The molecule has 1 aromatic carbocycles. The van der Waals surface area contributed by atoms with Crippen LogP contribution in [0.25, 0.3) is 11.3 Å². The molecule has 2 aromatic heterocycles. The third-order valence-electron chi connectivity index (χ3n) is 5.46. The number of nitrogens with zero attached hydrogens (tertiary/aromatic N) is 4. The predicted molar refractivity (Wildman–Crippen MR) is 118 cm³/mol. The van der Waals surface area contributed by atoms with Gasteiger partial charge >= 0.3 is 0 Å². The molecule has 0 spiro atoms. The highest BCUT2D eigenvalue weighted by atomic mass is 16.5. The van der Waals surface area contributed by atoms with Crippen molar-refractivity contribution >= 4 is 17.4 Å². The molecule has 0 unspecified atom stereocenters. The first-order valence-electron chi connectivity index (χ1n) is 10.2. The number of anilines is 2. The van der Waals surface area contributed by atoms with E-state index < -0.39 is 0 Å². The number of methoxy groups -OCH3 is 2. The minimum absolute atomic E-state index is 0.00104. The molecule has 0 atom stereocenters. The van der Waals surface area contributed by atoms with Crippen molar-refractivity contribution in [2.45, 2.75) is 12.8 Å². The monoisotopic (exact) mass is 419 g/mol. The Morgan fingerprint density at radius 1 is 1.06 bits per heavy atom. The highest BCUT2D eigenvalue weighted by molar-refractivity contribution is 5.94. The maximum atomic E-state index is 12.8. The summed E-state index contributed by atoms with van der Waals surface area (Å²) in [7, 11) is 3.17. The van der Waals surface area contributed by atoms with Crippen molar-refractivity contribution in [3.63, 3.8) is 0 Å². The molecule has 0 saturated carbocycles. The number of nitrogens with one attached hydrogen (secondary N) is 1. The molecule has 1 N–H and O–H groups in total. The van der Waals surface area contributed by atoms with Crippen LogP contribution in [-0.4, -0.2) is 48.4 Å². The minimum Gasteiger partial charge on any atom is -0.497 e. The zero-order valence-electron chi connectivity index (χ0n) is 17.6. The Kier molecular flexibility index (Phi) is 6.26. The Bertz CT molecular complexity index is 1020. The van der Waals surface area contributed by atoms with E-state index >= 15 is 0 Å². The molecule has 1 aliphatic heterocycles. The molecule has 1 aliphatic rings. The molecular weight excluding hydrogens is 394 g/mol. The Morgan fingerprint density at radius 3 is 2.55 bits per heavy atom. The standard InChI is InChI=1S/C23H25N5O3/c1-30-18-5-6-20(21(14-18)31-2)25-23(29)16-9-12-28(13-10-16)22-8-7-19(26-27-22)17-4-3-11-24-15-17/h3-8,11,14-16H,9-10,12-13H2,1-2H3,(H,25,29). The summed E-state index contributed by atoms with van der Waals surface area (Å²) in [4.78, 5) is 19.1. The van der Waals surface area contributed by atoms with Gasteiger partial charge in [-0.25, -0.2) is 0 Å². The van der Waals surface area contributed by atoms with E-state index in [1.165, 1.54) is 0 Å². The van der Waals surface area contributed by atoms with Crippen LogP contribution in [0.3, 0.4) is 0 Å². The van der Waals surface area contributed by atoms with Gasteiger partial charge in [-0.1, -0.05) is 0 Å². The molecule has 8 heteroatoms. The molecule has 1 amide bonds. The van der Waals surface area contributed by atoms with Gasteiger partial charge in [0.25, 0.3) is 0 Å². The number of amides is 1. The van der Waals surface area contributed by atoms with Crippen molar-refractivity contribution in [2.75, 3.05) is 37.5 Å². The fraction of sp³-hybridized carbons (Fsp3) is 0.304. The number of hydrogen-bond donors (Lipinski definition) is 1. The largest absolute Gasteiger partial charge is 0.497 e. The molecule has 1 fully saturated rings. The molecule has 0 aliphatic carbocycles. The zero-order chi connectivity index (χ0) is 21.6. The van der Waals surface area contributed by atoms with Gasteiger partial charge in [-0.05, 0) is 49.2 Å². The van der Waals surface area contributed by atoms with E-state index in [1.54, 1.807) is 44.8 Å². The third kappa shape index (κ3) is 4.74. The summed E-state index contributed by atoms with van der Waals surface area (Å²) >= 11 is 0. The Hall–Kier alpha value is -3.68. The fourth-order valence-corrected chi connectivity index (χ4v) is 3.67. The van der Waals surface area contributed by atoms with Crippen LogP contribution in [0, 0.1) is 5.92 Å². The van der Waals surface area contributed by atoms with Crippen molar-refractivity contribution in [3.8, 4) is 22.8 Å². The summed E-state index contributed by atoms with van der Waals surface area (Å²) in [5.74, 6) is 2.02. The van der Waals surface area contributed by atoms with Gasteiger partial charge in [-0.15, -0.1) is 10.2 Å². The van der Waals surface area contributed by atoms with Crippen molar-refractivity contribution in [1.29, 1.82) is 0 Å². The van der Waals surface area contributed by atoms with Crippen molar-refractivity contribution < 1.29 is 14.3 Å². The second-order valence-corrected chi connectivity index (χ2v) is 7.34. The normalized spacial score (nSPS) is 14.2. The van der Waals surface area contributed by atoms with E-state index in [-0.39, 0.29) is 11.8 Å². The minimum atomic E-state index is -0.0642. The first kappa shape index (κ1) is 20.6. The fourth-order valence-electron chi connectivity index (χ4n) is 3.67. The summed E-state index contributed by atoms with van der Waals surface area (Å²) in [5, 5.41) is 11.7. The van der Waals surface area contributed by atoms with Gasteiger partial charge in [0.15, 0.2) is 5.82 Å². The van der Waals surface area contributed by atoms with Gasteiger partial charge in [0.1, 0.15) is 11.5 Å². The van der Waals surface area contributed by atoms with E-state index in [1.807, 2.05) is 24.3 Å². The lowest BCUT2D eigenvalue weighted by molar-refractivity contribution is -0.120. The lowest BCUT2D eigenvalue weighted by Crippen LogP contribution is -2.38. The van der Waals surface area contributed by atoms with E-state index in [0.29, 0.717) is 17.2 Å².